The molecule has 33 heavy (non-hydrogen) atoms. The molecule has 4 saturated carbocycles. The Balaban J connectivity index is 1.53. The summed E-state index contributed by atoms with van der Waals surface area (Å²) in [6.07, 6.45) is 11.2. The topological polar surface area (TPSA) is 72.5 Å². The van der Waals surface area contributed by atoms with Crippen LogP contribution in [0, 0.1) is 29.1 Å². The molecule has 4 bridgehead atoms. The molecule has 1 amide bonds. The Labute approximate surface area is 204 Å². The summed E-state index contributed by atoms with van der Waals surface area (Å²) < 4.78 is 5.46. The molecule has 4 aliphatic carbocycles. The molecule has 4 aliphatic rings. The number of thioether (sulfide) groups is 1. The lowest BCUT2D eigenvalue weighted by atomic mass is 9.48. The van der Waals surface area contributed by atoms with Crippen LogP contribution >= 0.6 is 11.8 Å². The fourth-order valence-corrected chi connectivity index (χ4v) is 7.61. The van der Waals surface area contributed by atoms with Gasteiger partial charge in [0.1, 0.15) is 5.60 Å². The van der Waals surface area contributed by atoms with E-state index in [1.807, 2.05) is 34.6 Å². The number of hydrogen-bond acceptors (Lipinski definition) is 5. The fourth-order valence-electron chi connectivity index (χ4n) is 6.73. The van der Waals surface area contributed by atoms with Crippen LogP contribution in [0.15, 0.2) is 0 Å². The van der Waals surface area contributed by atoms with Crippen LogP contribution in [0.25, 0.3) is 0 Å². The summed E-state index contributed by atoms with van der Waals surface area (Å²) >= 11 is 1.41. The smallest absolute Gasteiger partial charge is 0.408 e. The van der Waals surface area contributed by atoms with Crippen LogP contribution in [0.3, 0.4) is 0 Å². The largest absolute Gasteiger partial charge is 0.444 e. The van der Waals surface area contributed by atoms with Gasteiger partial charge >= 0.3 is 6.09 Å². The molecule has 0 aromatic rings. The number of ether oxygens (including phenoxy) is 1. The third-order valence-electron chi connectivity index (χ3n) is 7.65. The molecule has 4 fully saturated rings. The summed E-state index contributed by atoms with van der Waals surface area (Å²) in [6.45, 7) is 9.38. The molecular formula is C27H45NO4S. The van der Waals surface area contributed by atoms with Crippen LogP contribution in [0.4, 0.5) is 4.79 Å². The Morgan fingerprint density at radius 3 is 2.06 bits per heavy atom. The van der Waals surface area contributed by atoms with Gasteiger partial charge in [-0.2, -0.15) is 0 Å². The van der Waals surface area contributed by atoms with Crippen molar-refractivity contribution in [3.63, 3.8) is 0 Å². The maximum absolute atomic E-state index is 13.5. The third-order valence-corrected chi connectivity index (χ3v) is 8.90. The molecule has 1 atom stereocenters. The third kappa shape index (κ3) is 8.00. The number of Topliss-reactive ketones (excluding diaryl/α,β-unsaturated/α-hetero) is 1. The Hall–Kier alpha value is -1.04. The molecule has 0 aromatic heterocycles. The molecule has 5 nitrogen and oxygen atoms in total. The average molecular weight is 480 g/mol. The predicted molar refractivity (Wildman–Crippen MR) is 134 cm³/mol. The Morgan fingerprint density at radius 2 is 1.55 bits per heavy atom. The summed E-state index contributed by atoms with van der Waals surface area (Å²) in [5.41, 5.74) is -0.411. The van der Waals surface area contributed by atoms with Gasteiger partial charge < -0.3 is 10.1 Å². The quantitative estimate of drug-likeness (QED) is 0.341. The first-order valence-electron chi connectivity index (χ1n) is 13.1. The van der Waals surface area contributed by atoms with Crippen molar-refractivity contribution in [2.75, 3.05) is 5.75 Å². The Morgan fingerprint density at radius 1 is 0.970 bits per heavy atom. The number of ketones is 1. The van der Waals surface area contributed by atoms with Gasteiger partial charge in [0.25, 0.3) is 0 Å². The number of nitrogens with one attached hydrogen (secondary N) is 1. The van der Waals surface area contributed by atoms with Crippen molar-refractivity contribution >= 4 is 28.8 Å². The lowest BCUT2D eigenvalue weighted by Gasteiger charge is -2.57. The fraction of sp³-hybridized carbons (Fsp3) is 0.889. The highest BCUT2D eigenvalue weighted by atomic mass is 32.2. The first kappa shape index (κ1) is 26.6. The van der Waals surface area contributed by atoms with Crippen LogP contribution in [0.1, 0.15) is 105 Å². The standard InChI is InChI=1S/C27H45NO4S/c1-18(2)24(30)33-10-8-6-7-9-22(28-25(31)32-26(3,4)5)23(29)17-27-14-19-11-20(15-27)13-21(12-19)16-27/h18-22H,6-17H2,1-5H3,(H,28,31)/t19?,20?,21?,22-,27?/m0/s1. The van der Waals surface area contributed by atoms with E-state index in [0.717, 1.165) is 42.8 Å². The van der Waals surface area contributed by atoms with Crippen molar-refractivity contribution in [1.29, 1.82) is 0 Å². The maximum atomic E-state index is 13.5. The van der Waals surface area contributed by atoms with Gasteiger partial charge in [0.2, 0.25) is 0 Å². The van der Waals surface area contributed by atoms with Gasteiger partial charge in [-0.1, -0.05) is 38.5 Å². The van der Waals surface area contributed by atoms with Crippen LogP contribution in [0.5, 0.6) is 0 Å². The second kappa shape index (κ2) is 11.1. The monoisotopic (exact) mass is 479 g/mol. The summed E-state index contributed by atoms with van der Waals surface area (Å²) in [5, 5.41) is 3.15. The maximum Gasteiger partial charge on any atom is 0.408 e. The molecule has 0 radical (unpaired) electrons. The number of unbranched alkanes of at least 4 members (excludes halogenated alkanes) is 2. The zero-order valence-electron chi connectivity index (χ0n) is 21.4. The number of amides is 1. The van der Waals surface area contributed by atoms with E-state index < -0.39 is 17.7 Å². The van der Waals surface area contributed by atoms with Crippen molar-refractivity contribution < 1.29 is 19.1 Å². The van der Waals surface area contributed by atoms with E-state index in [1.165, 1.54) is 50.3 Å². The van der Waals surface area contributed by atoms with E-state index in [4.69, 9.17) is 4.74 Å². The number of alkyl carbamates (subject to hydrolysis) is 1. The van der Waals surface area contributed by atoms with Crippen LogP contribution in [-0.2, 0) is 14.3 Å². The SMILES string of the molecule is CC(C)C(=O)SCCCCC[C@H](NC(=O)OC(C)(C)C)C(=O)CC12CC3CC(CC(C3)C1)C2. The van der Waals surface area contributed by atoms with E-state index in [9.17, 15) is 14.4 Å². The number of carbonyl (C=O) groups is 3. The zero-order chi connectivity index (χ0) is 24.2. The molecule has 0 unspecified atom stereocenters. The van der Waals surface area contributed by atoms with Crippen molar-refractivity contribution in [2.24, 2.45) is 29.1 Å². The molecule has 0 heterocycles. The minimum atomic E-state index is -0.586. The molecule has 1 N–H and O–H groups in total. The van der Waals surface area contributed by atoms with E-state index in [-0.39, 0.29) is 22.2 Å². The average Bonchev–Trinajstić information content (AvgIpc) is 2.66. The molecule has 0 saturated heterocycles. The van der Waals surface area contributed by atoms with E-state index in [2.05, 4.69) is 5.32 Å². The normalized spacial score (nSPS) is 29.2. The van der Waals surface area contributed by atoms with Gasteiger partial charge in [0.15, 0.2) is 10.9 Å². The van der Waals surface area contributed by atoms with Gasteiger partial charge in [-0.3, -0.25) is 9.59 Å². The molecule has 188 valence electrons. The highest BCUT2D eigenvalue weighted by Gasteiger charge is 2.51. The number of rotatable bonds is 11. The van der Waals surface area contributed by atoms with Crippen LogP contribution < -0.4 is 5.32 Å². The van der Waals surface area contributed by atoms with Crippen molar-refractivity contribution in [3.05, 3.63) is 0 Å². The van der Waals surface area contributed by atoms with E-state index in [0.29, 0.717) is 12.8 Å². The second-order valence-electron chi connectivity index (χ2n) is 12.4. The number of carbonyl (C=O) groups excluding carboxylic acids is 3. The molecule has 4 rings (SSSR count). The van der Waals surface area contributed by atoms with Crippen LogP contribution in [-0.4, -0.2) is 34.4 Å². The van der Waals surface area contributed by atoms with Gasteiger partial charge in [0.05, 0.1) is 6.04 Å². The molecule has 0 aromatic carbocycles. The summed E-state index contributed by atoms with van der Waals surface area (Å²) in [6, 6.07) is -0.474. The Bertz CT molecular complexity index is 676. The summed E-state index contributed by atoms with van der Waals surface area (Å²) in [4.78, 5) is 37.7. The highest BCUT2D eigenvalue weighted by molar-refractivity contribution is 8.13. The van der Waals surface area contributed by atoms with Gasteiger partial charge in [-0.05, 0) is 95.3 Å². The van der Waals surface area contributed by atoms with Crippen LogP contribution in [0.2, 0.25) is 0 Å². The van der Waals surface area contributed by atoms with Gasteiger partial charge in [-0.15, -0.1) is 0 Å². The first-order chi connectivity index (χ1) is 15.4. The second-order valence-corrected chi connectivity index (χ2v) is 13.5. The first-order valence-corrected chi connectivity index (χ1v) is 14.1. The lowest BCUT2D eigenvalue weighted by Crippen LogP contribution is -2.50. The minimum absolute atomic E-state index is 0.0691. The summed E-state index contributed by atoms with van der Waals surface area (Å²) in [7, 11) is 0. The van der Waals surface area contributed by atoms with E-state index >= 15 is 0 Å². The Kier molecular flexibility index (Phi) is 8.96. The predicted octanol–water partition coefficient (Wildman–Crippen LogP) is 6.53. The lowest BCUT2D eigenvalue weighted by molar-refractivity contribution is -0.129. The van der Waals surface area contributed by atoms with Crippen molar-refractivity contribution in [2.45, 2.75) is 117 Å². The highest BCUT2D eigenvalue weighted by Crippen LogP contribution is 2.61. The molecule has 6 heteroatoms. The van der Waals surface area contributed by atoms with Crippen molar-refractivity contribution in [1.82, 2.24) is 5.32 Å². The molecular weight excluding hydrogens is 434 g/mol. The van der Waals surface area contributed by atoms with Gasteiger partial charge in [0, 0.05) is 18.1 Å². The molecule has 0 aliphatic heterocycles. The van der Waals surface area contributed by atoms with Gasteiger partial charge in [-0.25, -0.2) is 4.79 Å². The molecule has 0 spiro atoms. The summed E-state index contributed by atoms with van der Waals surface area (Å²) in [5.74, 6) is 3.52. The minimum Gasteiger partial charge on any atom is -0.444 e. The van der Waals surface area contributed by atoms with Crippen molar-refractivity contribution in [3.8, 4) is 0 Å². The number of hydrogen-bond donors (Lipinski definition) is 1. The zero-order valence-corrected chi connectivity index (χ0v) is 22.2. The van der Waals surface area contributed by atoms with E-state index in [1.54, 1.807) is 0 Å².